The topological polar surface area (TPSA) is 67.4 Å². The summed E-state index contributed by atoms with van der Waals surface area (Å²) in [5.41, 5.74) is -0.198. The van der Waals surface area contributed by atoms with Gasteiger partial charge in [-0.3, -0.25) is 9.59 Å². The van der Waals surface area contributed by atoms with E-state index in [0.717, 1.165) is 25.7 Å². The second-order valence-electron chi connectivity index (χ2n) is 5.32. The molecule has 2 fully saturated rings. The van der Waals surface area contributed by atoms with E-state index in [9.17, 15) is 9.59 Å². The monoisotopic (exact) mass is 254 g/mol. The first kappa shape index (κ1) is 13.3. The predicted molar refractivity (Wildman–Crippen MR) is 67.0 cm³/mol. The van der Waals surface area contributed by atoms with Crippen LogP contribution in [0.5, 0.6) is 0 Å². The molecule has 1 saturated carbocycles. The molecule has 5 heteroatoms. The lowest BCUT2D eigenvalue weighted by molar-refractivity contribution is -0.127. The Morgan fingerprint density at radius 3 is 2.72 bits per heavy atom. The average Bonchev–Trinajstić information content (AvgIpc) is 2.84. The van der Waals surface area contributed by atoms with Crippen LogP contribution in [-0.2, 0) is 14.3 Å². The van der Waals surface area contributed by atoms with Crippen LogP contribution in [0, 0.1) is 0 Å². The fourth-order valence-corrected chi connectivity index (χ4v) is 2.83. The van der Waals surface area contributed by atoms with E-state index in [2.05, 4.69) is 10.6 Å². The van der Waals surface area contributed by atoms with Crippen LogP contribution in [0.15, 0.2) is 0 Å². The molecular weight excluding hydrogens is 232 g/mol. The van der Waals surface area contributed by atoms with E-state index in [-0.39, 0.29) is 23.5 Å². The van der Waals surface area contributed by atoms with Crippen molar-refractivity contribution in [3.8, 4) is 0 Å². The Bertz CT molecular complexity index is 324. The molecule has 1 aliphatic heterocycles. The molecule has 0 aromatic rings. The molecule has 102 valence electrons. The Balaban J connectivity index is 1.82. The zero-order valence-electron chi connectivity index (χ0n) is 11.0. The molecule has 0 aromatic carbocycles. The SMILES string of the molecule is COC1(CNC(=O)[C@H]2CCC(=O)N2)CCCCC1. The van der Waals surface area contributed by atoms with E-state index in [1.54, 1.807) is 7.11 Å². The Hall–Kier alpha value is -1.10. The molecule has 18 heavy (non-hydrogen) atoms. The van der Waals surface area contributed by atoms with Crippen molar-refractivity contribution in [2.75, 3.05) is 13.7 Å². The normalized spacial score (nSPS) is 26.7. The minimum absolute atomic E-state index is 0.0331. The molecule has 5 nitrogen and oxygen atoms in total. The Morgan fingerprint density at radius 2 is 2.17 bits per heavy atom. The standard InChI is InChI=1S/C13H22N2O3/c1-18-13(7-3-2-4-8-13)9-14-12(17)10-5-6-11(16)15-10/h10H,2-9H2,1H3,(H,14,17)(H,15,16)/t10-/m1/s1. The highest BCUT2D eigenvalue weighted by atomic mass is 16.5. The van der Waals surface area contributed by atoms with Crippen molar-refractivity contribution < 1.29 is 14.3 Å². The van der Waals surface area contributed by atoms with E-state index in [4.69, 9.17) is 4.74 Å². The van der Waals surface area contributed by atoms with Gasteiger partial charge in [-0.15, -0.1) is 0 Å². The minimum atomic E-state index is -0.352. The molecule has 1 saturated heterocycles. The van der Waals surface area contributed by atoms with Gasteiger partial charge in [-0.2, -0.15) is 0 Å². The van der Waals surface area contributed by atoms with Crippen molar-refractivity contribution in [3.05, 3.63) is 0 Å². The highest BCUT2D eigenvalue weighted by molar-refractivity contribution is 5.90. The average molecular weight is 254 g/mol. The van der Waals surface area contributed by atoms with Crippen LogP contribution in [0.3, 0.4) is 0 Å². The molecule has 1 aliphatic carbocycles. The number of carbonyl (C=O) groups is 2. The van der Waals surface area contributed by atoms with Crippen molar-refractivity contribution in [2.24, 2.45) is 0 Å². The fraction of sp³-hybridized carbons (Fsp3) is 0.846. The van der Waals surface area contributed by atoms with Gasteiger partial charge in [0.2, 0.25) is 11.8 Å². The molecule has 1 atom stereocenters. The van der Waals surface area contributed by atoms with Gasteiger partial charge in [-0.25, -0.2) is 0 Å². The predicted octanol–water partition coefficient (Wildman–Crippen LogP) is 0.730. The summed E-state index contributed by atoms with van der Waals surface area (Å²) in [4.78, 5) is 23.0. The zero-order valence-corrected chi connectivity index (χ0v) is 11.0. The molecule has 1 heterocycles. The highest BCUT2D eigenvalue weighted by Gasteiger charge is 2.34. The largest absolute Gasteiger partial charge is 0.376 e. The molecule has 0 unspecified atom stereocenters. The van der Waals surface area contributed by atoms with Gasteiger partial charge in [0.25, 0.3) is 0 Å². The number of rotatable bonds is 4. The summed E-state index contributed by atoms with van der Waals surface area (Å²) < 4.78 is 5.61. The van der Waals surface area contributed by atoms with E-state index < -0.39 is 0 Å². The third-order valence-electron chi connectivity index (χ3n) is 4.09. The Labute approximate surface area is 108 Å². The summed E-state index contributed by atoms with van der Waals surface area (Å²) in [5, 5.41) is 5.61. The van der Waals surface area contributed by atoms with Crippen LogP contribution in [0.25, 0.3) is 0 Å². The van der Waals surface area contributed by atoms with E-state index in [0.29, 0.717) is 19.4 Å². The Morgan fingerprint density at radius 1 is 1.44 bits per heavy atom. The summed E-state index contributed by atoms with van der Waals surface area (Å²) in [6, 6.07) is -0.352. The second kappa shape index (κ2) is 5.69. The smallest absolute Gasteiger partial charge is 0.242 e. The zero-order chi connectivity index (χ0) is 13.0. The van der Waals surface area contributed by atoms with E-state index in [1.165, 1.54) is 6.42 Å². The highest BCUT2D eigenvalue weighted by Crippen LogP contribution is 2.30. The molecule has 2 amide bonds. The molecule has 0 bridgehead atoms. The quantitative estimate of drug-likeness (QED) is 0.777. The first-order valence-corrected chi connectivity index (χ1v) is 6.77. The van der Waals surface area contributed by atoms with Gasteiger partial charge >= 0.3 is 0 Å². The van der Waals surface area contributed by atoms with Crippen LogP contribution < -0.4 is 10.6 Å². The van der Waals surface area contributed by atoms with Gasteiger partial charge in [-0.05, 0) is 19.3 Å². The second-order valence-corrected chi connectivity index (χ2v) is 5.32. The summed E-state index contributed by atoms with van der Waals surface area (Å²) in [6.07, 6.45) is 6.62. The van der Waals surface area contributed by atoms with Crippen molar-refractivity contribution in [3.63, 3.8) is 0 Å². The van der Waals surface area contributed by atoms with Crippen molar-refractivity contribution >= 4 is 11.8 Å². The van der Waals surface area contributed by atoms with Crippen molar-refractivity contribution in [1.29, 1.82) is 0 Å². The number of nitrogens with one attached hydrogen (secondary N) is 2. The van der Waals surface area contributed by atoms with Gasteiger partial charge in [-0.1, -0.05) is 19.3 Å². The third kappa shape index (κ3) is 3.02. The molecule has 2 rings (SSSR count). The van der Waals surface area contributed by atoms with Gasteiger partial charge < -0.3 is 15.4 Å². The third-order valence-corrected chi connectivity index (χ3v) is 4.09. The number of carbonyl (C=O) groups excluding carboxylic acids is 2. The van der Waals surface area contributed by atoms with Crippen LogP contribution in [0.4, 0.5) is 0 Å². The number of amides is 2. The van der Waals surface area contributed by atoms with Gasteiger partial charge in [0.1, 0.15) is 6.04 Å². The maximum Gasteiger partial charge on any atom is 0.242 e. The first-order valence-electron chi connectivity index (χ1n) is 6.77. The lowest BCUT2D eigenvalue weighted by Crippen LogP contribution is -2.50. The molecule has 0 aromatic heterocycles. The van der Waals surface area contributed by atoms with Crippen LogP contribution in [0.2, 0.25) is 0 Å². The van der Waals surface area contributed by atoms with Crippen molar-refractivity contribution in [1.82, 2.24) is 10.6 Å². The van der Waals surface area contributed by atoms with E-state index >= 15 is 0 Å². The summed E-state index contributed by atoms with van der Waals surface area (Å²) in [7, 11) is 1.72. The molecule has 0 radical (unpaired) electrons. The summed E-state index contributed by atoms with van der Waals surface area (Å²) in [5.74, 6) is -0.114. The van der Waals surface area contributed by atoms with Gasteiger partial charge in [0.15, 0.2) is 0 Å². The van der Waals surface area contributed by atoms with Crippen LogP contribution in [0.1, 0.15) is 44.9 Å². The van der Waals surface area contributed by atoms with Crippen molar-refractivity contribution in [2.45, 2.75) is 56.6 Å². The lowest BCUT2D eigenvalue weighted by atomic mass is 9.84. The number of hydrogen-bond donors (Lipinski definition) is 2. The number of ether oxygens (including phenoxy) is 1. The number of hydrogen-bond acceptors (Lipinski definition) is 3. The Kier molecular flexibility index (Phi) is 4.22. The van der Waals surface area contributed by atoms with Crippen LogP contribution >= 0.6 is 0 Å². The molecule has 0 spiro atoms. The first-order chi connectivity index (χ1) is 8.65. The minimum Gasteiger partial charge on any atom is -0.376 e. The summed E-state index contributed by atoms with van der Waals surface area (Å²) in [6.45, 7) is 0.550. The lowest BCUT2D eigenvalue weighted by Gasteiger charge is -2.36. The fourth-order valence-electron chi connectivity index (χ4n) is 2.83. The van der Waals surface area contributed by atoms with Gasteiger partial charge in [0, 0.05) is 20.1 Å². The maximum atomic E-state index is 11.9. The molecule has 2 aliphatic rings. The molecule has 2 N–H and O–H groups in total. The van der Waals surface area contributed by atoms with Crippen LogP contribution in [-0.4, -0.2) is 37.1 Å². The maximum absolute atomic E-state index is 11.9. The molecular formula is C13H22N2O3. The summed E-state index contributed by atoms with van der Waals surface area (Å²) >= 11 is 0. The van der Waals surface area contributed by atoms with E-state index in [1.807, 2.05) is 0 Å². The van der Waals surface area contributed by atoms with Gasteiger partial charge in [0.05, 0.1) is 5.60 Å². The number of methoxy groups -OCH3 is 1.